The van der Waals surface area contributed by atoms with E-state index in [4.69, 9.17) is 11.6 Å². The minimum absolute atomic E-state index is 0.286. The monoisotopic (exact) mass is 303 g/mol. The van der Waals surface area contributed by atoms with Gasteiger partial charge >= 0.3 is 0 Å². The van der Waals surface area contributed by atoms with Crippen LogP contribution in [0, 0.1) is 6.92 Å². The Bertz CT molecular complexity index is 553. The zero-order valence-corrected chi connectivity index (χ0v) is 13.7. The second-order valence-corrected chi connectivity index (χ2v) is 8.38. The summed E-state index contributed by atoms with van der Waals surface area (Å²) in [4.78, 5) is 0. The van der Waals surface area contributed by atoms with Gasteiger partial charge in [-0.2, -0.15) is 0 Å². The van der Waals surface area contributed by atoms with E-state index in [2.05, 4.69) is 5.32 Å². The summed E-state index contributed by atoms with van der Waals surface area (Å²) in [6.07, 6.45) is 1.27. The lowest BCUT2D eigenvalue weighted by molar-refractivity contribution is 0.428. The number of nitrogens with one attached hydrogen (secondary N) is 1. The molecule has 0 heterocycles. The summed E-state index contributed by atoms with van der Waals surface area (Å²) in [5, 5.41) is 3.91. The average Bonchev–Trinajstić information content (AvgIpc) is 2.28. The van der Waals surface area contributed by atoms with Crippen molar-refractivity contribution < 1.29 is 8.42 Å². The molecule has 0 aromatic heterocycles. The van der Waals surface area contributed by atoms with Crippen molar-refractivity contribution in [3.05, 3.63) is 34.3 Å². The van der Waals surface area contributed by atoms with E-state index in [0.717, 1.165) is 11.1 Å². The van der Waals surface area contributed by atoms with Crippen LogP contribution in [0.1, 0.15) is 37.9 Å². The Hall–Kier alpha value is -0.580. The Morgan fingerprint density at radius 1 is 1.37 bits per heavy atom. The summed E-state index contributed by atoms with van der Waals surface area (Å²) in [5.41, 5.74) is 1.88. The van der Waals surface area contributed by atoms with Crippen molar-refractivity contribution in [3.8, 4) is 0 Å². The Balaban J connectivity index is 3.32. The van der Waals surface area contributed by atoms with Gasteiger partial charge in [0.15, 0.2) is 9.84 Å². The lowest BCUT2D eigenvalue weighted by Crippen LogP contribution is -2.45. The normalized spacial score (nSPS) is 14.4. The Morgan fingerprint density at radius 3 is 2.37 bits per heavy atom. The van der Waals surface area contributed by atoms with E-state index >= 15 is 0 Å². The highest BCUT2D eigenvalue weighted by molar-refractivity contribution is 7.92. The fraction of sp³-hybridized carbons (Fsp3) is 0.571. The third kappa shape index (κ3) is 3.50. The van der Waals surface area contributed by atoms with Crippen LogP contribution in [0.15, 0.2) is 18.2 Å². The smallest absolute Gasteiger partial charge is 0.154 e. The Labute approximate surface area is 121 Å². The first-order valence-electron chi connectivity index (χ1n) is 6.30. The van der Waals surface area contributed by atoms with E-state index in [1.165, 1.54) is 6.26 Å². The first-order chi connectivity index (χ1) is 8.61. The van der Waals surface area contributed by atoms with Crippen molar-refractivity contribution in [1.29, 1.82) is 0 Å². The summed E-state index contributed by atoms with van der Waals surface area (Å²) >= 11 is 6.15. The first kappa shape index (κ1) is 16.5. The van der Waals surface area contributed by atoms with Crippen LogP contribution in [-0.4, -0.2) is 26.0 Å². The van der Waals surface area contributed by atoms with E-state index in [1.54, 1.807) is 13.8 Å². The van der Waals surface area contributed by atoms with Gasteiger partial charge in [0, 0.05) is 11.3 Å². The molecule has 0 spiro atoms. The lowest BCUT2D eigenvalue weighted by atomic mass is 9.94. The minimum Gasteiger partial charge on any atom is -0.309 e. The molecule has 0 aliphatic heterocycles. The number of hydrogen-bond donors (Lipinski definition) is 1. The van der Waals surface area contributed by atoms with Crippen LogP contribution >= 0.6 is 11.6 Å². The molecule has 3 nitrogen and oxygen atoms in total. The molecule has 0 fully saturated rings. The fourth-order valence-electron chi connectivity index (χ4n) is 1.97. The molecule has 0 aliphatic carbocycles. The van der Waals surface area contributed by atoms with E-state index in [9.17, 15) is 8.42 Å². The maximum atomic E-state index is 12.0. The van der Waals surface area contributed by atoms with Gasteiger partial charge in [0.05, 0.1) is 10.8 Å². The molecule has 0 aliphatic rings. The minimum atomic E-state index is -3.20. The molecule has 0 radical (unpaired) electrons. The molecule has 1 aromatic rings. The maximum absolute atomic E-state index is 12.0. The van der Waals surface area contributed by atoms with Gasteiger partial charge in [-0.25, -0.2) is 8.42 Å². The zero-order chi connectivity index (χ0) is 14.8. The second-order valence-electron chi connectivity index (χ2n) is 5.37. The molecule has 108 valence electrons. The number of sulfone groups is 1. The number of rotatable bonds is 5. The molecule has 0 saturated carbocycles. The Morgan fingerprint density at radius 2 is 1.95 bits per heavy atom. The second kappa shape index (κ2) is 5.81. The van der Waals surface area contributed by atoms with Crippen molar-refractivity contribution in [1.82, 2.24) is 5.32 Å². The summed E-state index contributed by atoms with van der Waals surface area (Å²) < 4.78 is 23.1. The van der Waals surface area contributed by atoms with Crippen LogP contribution in [-0.2, 0) is 9.84 Å². The molecule has 0 saturated heterocycles. The van der Waals surface area contributed by atoms with Crippen LogP contribution < -0.4 is 5.32 Å². The molecule has 1 N–H and O–H groups in total. The number of aryl methyl sites for hydroxylation is 1. The molecule has 0 amide bonds. The fourth-order valence-corrected chi connectivity index (χ4v) is 2.81. The first-order valence-corrected chi connectivity index (χ1v) is 8.57. The van der Waals surface area contributed by atoms with Crippen LogP contribution in [0.4, 0.5) is 0 Å². The van der Waals surface area contributed by atoms with Crippen LogP contribution in [0.5, 0.6) is 0 Å². The zero-order valence-electron chi connectivity index (χ0n) is 12.1. The summed E-state index contributed by atoms with van der Waals surface area (Å²) in [6.45, 7) is 8.05. The van der Waals surface area contributed by atoms with Crippen LogP contribution in [0.2, 0.25) is 5.02 Å². The molecule has 5 heteroatoms. The lowest BCUT2D eigenvalue weighted by Gasteiger charge is -2.33. The van der Waals surface area contributed by atoms with Crippen LogP contribution in [0.25, 0.3) is 0 Å². The molecule has 1 rings (SSSR count). The van der Waals surface area contributed by atoms with Gasteiger partial charge in [0.25, 0.3) is 0 Å². The molecule has 0 bridgehead atoms. The number of halogens is 1. The summed E-state index contributed by atoms with van der Waals surface area (Å²) in [7, 11) is -3.20. The molecule has 1 unspecified atom stereocenters. The highest BCUT2D eigenvalue weighted by atomic mass is 35.5. The standard InChI is InChI=1S/C14H22ClNO2S/c1-6-16-13(14(3,4)19(5,17)18)11-8-7-10(2)12(15)9-11/h7-9,13,16H,6H2,1-5H3. The largest absolute Gasteiger partial charge is 0.309 e. The molecular formula is C14H22ClNO2S. The van der Waals surface area contributed by atoms with E-state index in [-0.39, 0.29) is 6.04 Å². The van der Waals surface area contributed by atoms with Crippen molar-refractivity contribution >= 4 is 21.4 Å². The predicted molar refractivity (Wildman–Crippen MR) is 81.5 cm³/mol. The number of benzene rings is 1. The number of hydrogen-bond acceptors (Lipinski definition) is 3. The van der Waals surface area contributed by atoms with Crippen molar-refractivity contribution in [2.75, 3.05) is 12.8 Å². The molecule has 1 aromatic carbocycles. The van der Waals surface area contributed by atoms with Gasteiger partial charge in [-0.05, 0) is 44.5 Å². The van der Waals surface area contributed by atoms with Gasteiger partial charge in [0.1, 0.15) is 0 Å². The van der Waals surface area contributed by atoms with E-state index in [0.29, 0.717) is 11.6 Å². The average molecular weight is 304 g/mol. The Kier molecular flexibility index (Phi) is 5.04. The third-order valence-corrected chi connectivity index (χ3v) is 6.14. The van der Waals surface area contributed by atoms with Gasteiger partial charge in [0.2, 0.25) is 0 Å². The highest BCUT2D eigenvalue weighted by Crippen LogP contribution is 2.33. The van der Waals surface area contributed by atoms with E-state index < -0.39 is 14.6 Å². The topological polar surface area (TPSA) is 46.2 Å². The van der Waals surface area contributed by atoms with Gasteiger partial charge in [-0.3, -0.25) is 0 Å². The third-order valence-electron chi connectivity index (χ3n) is 3.59. The molecule has 1 atom stereocenters. The molecule has 19 heavy (non-hydrogen) atoms. The van der Waals surface area contributed by atoms with Crippen molar-refractivity contribution in [3.63, 3.8) is 0 Å². The summed E-state index contributed by atoms with van der Waals surface area (Å²) in [6, 6.07) is 5.41. The van der Waals surface area contributed by atoms with Crippen molar-refractivity contribution in [2.24, 2.45) is 0 Å². The summed E-state index contributed by atoms with van der Waals surface area (Å²) in [5.74, 6) is 0. The van der Waals surface area contributed by atoms with E-state index in [1.807, 2.05) is 32.0 Å². The predicted octanol–water partition coefficient (Wildman–Crippen LogP) is 3.12. The van der Waals surface area contributed by atoms with Crippen molar-refractivity contribution in [2.45, 2.75) is 38.5 Å². The van der Waals surface area contributed by atoms with Gasteiger partial charge in [-0.1, -0.05) is 30.7 Å². The van der Waals surface area contributed by atoms with Gasteiger partial charge in [-0.15, -0.1) is 0 Å². The highest BCUT2D eigenvalue weighted by Gasteiger charge is 2.39. The quantitative estimate of drug-likeness (QED) is 0.909. The van der Waals surface area contributed by atoms with Crippen LogP contribution in [0.3, 0.4) is 0 Å². The van der Waals surface area contributed by atoms with Gasteiger partial charge < -0.3 is 5.32 Å². The molecular weight excluding hydrogens is 282 g/mol. The SMILES string of the molecule is CCNC(c1ccc(C)c(Cl)c1)C(C)(C)S(C)(=O)=O. The maximum Gasteiger partial charge on any atom is 0.154 e.